The van der Waals surface area contributed by atoms with Crippen LogP contribution in [0.5, 0.6) is 0 Å². The van der Waals surface area contributed by atoms with Gasteiger partial charge in [0.2, 0.25) is 11.8 Å². The quantitative estimate of drug-likeness (QED) is 0.775. The fourth-order valence-electron chi connectivity index (χ4n) is 3.84. The zero-order valence-electron chi connectivity index (χ0n) is 16.9. The molecule has 154 valence electrons. The average Bonchev–Trinajstić information content (AvgIpc) is 3.48. The molecule has 4 rings (SSSR count). The Kier molecular flexibility index (Phi) is 5.11. The molecule has 1 heterocycles. The van der Waals surface area contributed by atoms with Gasteiger partial charge in [0.1, 0.15) is 6.04 Å². The first-order valence-corrected chi connectivity index (χ1v) is 9.99. The number of imide groups is 1. The molecule has 2 aromatic carbocycles. The largest absolute Gasteiger partial charge is 0.326 e. The smallest absolute Gasteiger partial charge is 0.257 e. The number of amides is 4. The van der Waals surface area contributed by atoms with Gasteiger partial charge in [0.05, 0.1) is 12.1 Å². The van der Waals surface area contributed by atoms with Gasteiger partial charge in [-0.3, -0.25) is 19.2 Å². The van der Waals surface area contributed by atoms with Crippen LogP contribution in [-0.4, -0.2) is 40.6 Å². The van der Waals surface area contributed by atoms with Crippen molar-refractivity contribution in [3.05, 3.63) is 59.7 Å². The van der Waals surface area contributed by atoms with Crippen LogP contribution in [0.25, 0.3) is 0 Å². The molecule has 7 heteroatoms. The number of benzene rings is 2. The highest BCUT2D eigenvalue weighted by Gasteiger charge is 2.48. The fraction of sp³-hybridized carbons (Fsp3) is 0.304. The number of hydrogen-bond donors (Lipinski definition) is 1. The van der Waals surface area contributed by atoms with E-state index in [0.717, 1.165) is 23.3 Å². The van der Waals surface area contributed by atoms with Crippen LogP contribution >= 0.6 is 0 Å². The Morgan fingerprint density at radius 2 is 1.77 bits per heavy atom. The molecular weight excluding hydrogens is 382 g/mol. The predicted molar refractivity (Wildman–Crippen MR) is 112 cm³/mol. The summed E-state index contributed by atoms with van der Waals surface area (Å²) in [5.74, 6) is -1.14. The number of anilines is 2. The molecule has 1 aliphatic carbocycles. The monoisotopic (exact) mass is 405 g/mol. The molecule has 1 unspecified atom stereocenters. The van der Waals surface area contributed by atoms with Crippen molar-refractivity contribution in [1.82, 2.24) is 4.90 Å². The summed E-state index contributed by atoms with van der Waals surface area (Å²) in [7, 11) is 0. The van der Waals surface area contributed by atoms with E-state index in [4.69, 9.17) is 0 Å². The van der Waals surface area contributed by atoms with E-state index < -0.39 is 6.04 Å². The van der Waals surface area contributed by atoms with E-state index in [1.807, 2.05) is 19.1 Å². The van der Waals surface area contributed by atoms with E-state index in [0.29, 0.717) is 16.9 Å². The van der Waals surface area contributed by atoms with Crippen LogP contribution in [0.4, 0.5) is 11.4 Å². The highest BCUT2D eigenvalue weighted by molar-refractivity contribution is 6.23. The van der Waals surface area contributed by atoms with Gasteiger partial charge in [0.25, 0.3) is 11.8 Å². The second-order valence-electron chi connectivity index (χ2n) is 7.83. The van der Waals surface area contributed by atoms with Crippen molar-refractivity contribution in [3.63, 3.8) is 0 Å². The predicted octanol–water partition coefficient (Wildman–Crippen LogP) is 2.89. The van der Waals surface area contributed by atoms with Crippen molar-refractivity contribution < 1.29 is 19.2 Å². The summed E-state index contributed by atoms with van der Waals surface area (Å²) < 4.78 is 0. The van der Waals surface area contributed by atoms with Crippen LogP contribution in [0.15, 0.2) is 48.5 Å². The van der Waals surface area contributed by atoms with Gasteiger partial charge in [-0.15, -0.1) is 0 Å². The molecule has 1 atom stereocenters. The van der Waals surface area contributed by atoms with Crippen LogP contribution in [-0.2, 0) is 14.4 Å². The van der Waals surface area contributed by atoms with Crippen LogP contribution in [0, 0.1) is 6.92 Å². The Hall–Kier alpha value is -3.48. The molecule has 4 amide bonds. The lowest BCUT2D eigenvalue weighted by molar-refractivity contribution is -0.122. The zero-order valence-corrected chi connectivity index (χ0v) is 16.9. The number of carbonyl (C=O) groups is 4. The molecule has 1 saturated heterocycles. The van der Waals surface area contributed by atoms with Gasteiger partial charge in [-0.1, -0.05) is 17.7 Å². The Labute approximate surface area is 174 Å². The maximum Gasteiger partial charge on any atom is 0.257 e. The van der Waals surface area contributed by atoms with Crippen LogP contribution in [0.3, 0.4) is 0 Å². The molecule has 2 aromatic rings. The van der Waals surface area contributed by atoms with E-state index in [9.17, 15) is 19.2 Å². The first kappa shape index (κ1) is 19.8. The van der Waals surface area contributed by atoms with Gasteiger partial charge in [-0.2, -0.15) is 0 Å². The summed E-state index contributed by atoms with van der Waals surface area (Å²) >= 11 is 0. The molecule has 0 radical (unpaired) electrons. The first-order valence-electron chi connectivity index (χ1n) is 9.99. The molecule has 0 aromatic heterocycles. The summed E-state index contributed by atoms with van der Waals surface area (Å²) in [4.78, 5) is 53.0. The Morgan fingerprint density at radius 3 is 2.37 bits per heavy atom. The lowest BCUT2D eigenvalue weighted by Crippen LogP contribution is -2.46. The maximum atomic E-state index is 13.2. The van der Waals surface area contributed by atoms with Gasteiger partial charge in [-0.05, 0) is 56.2 Å². The third-order valence-electron chi connectivity index (χ3n) is 5.34. The number of carbonyl (C=O) groups excluding carboxylic acids is 4. The Balaban J connectivity index is 1.59. The van der Waals surface area contributed by atoms with Crippen molar-refractivity contribution in [2.24, 2.45) is 0 Å². The molecule has 1 saturated carbocycles. The van der Waals surface area contributed by atoms with E-state index in [2.05, 4.69) is 5.32 Å². The van der Waals surface area contributed by atoms with Crippen molar-refractivity contribution in [1.29, 1.82) is 0 Å². The molecule has 30 heavy (non-hydrogen) atoms. The van der Waals surface area contributed by atoms with Crippen LogP contribution < -0.4 is 10.2 Å². The minimum absolute atomic E-state index is 0.0122. The van der Waals surface area contributed by atoms with Crippen molar-refractivity contribution >= 4 is 35.0 Å². The third-order valence-corrected chi connectivity index (χ3v) is 5.34. The standard InChI is InChI=1S/C23H23N3O4/c1-14-4-3-5-16(12-14)22(29)25(18-10-11-18)20-13-21(28)26(23(20)30)19-8-6-17(7-9-19)24-15(2)27/h3-9,12,18,20H,10-11,13H2,1-2H3,(H,24,27). The summed E-state index contributed by atoms with van der Waals surface area (Å²) in [6.45, 7) is 3.32. The number of rotatable bonds is 5. The van der Waals surface area contributed by atoms with Crippen molar-refractivity contribution in [2.45, 2.75) is 45.2 Å². The molecular formula is C23H23N3O4. The van der Waals surface area contributed by atoms with Crippen molar-refractivity contribution in [2.75, 3.05) is 10.2 Å². The second-order valence-corrected chi connectivity index (χ2v) is 7.83. The second kappa shape index (κ2) is 7.74. The highest BCUT2D eigenvalue weighted by Crippen LogP contribution is 2.35. The highest BCUT2D eigenvalue weighted by atomic mass is 16.2. The lowest BCUT2D eigenvalue weighted by atomic mass is 10.1. The molecule has 2 aliphatic rings. The van der Waals surface area contributed by atoms with Gasteiger partial charge in [-0.25, -0.2) is 4.90 Å². The fourth-order valence-corrected chi connectivity index (χ4v) is 3.84. The number of nitrogens with zero attached hydrogens (tertiary/aromatic N) is 2. The van der Waals surface area contributed by atoms with Gasteiger partial charge < -0.3 is 10.2 Å². The molecule has 1 aliphatic heterocycles. The minimum Gasteiger partial charge on any atom is -0.326 e. The summed E-state index contributed by atoms with van der Waals surface area (Å²) in [5, 5.41) is 2.65. The van der Waals surface area contributed by atoms with E-state index in [1.165, 1.54) is 6.92 Å². The number of nitrogens with one attached hydrogen (secondary N) is 1. The summed E-state index contributed by atoms with van der Waals surface area (Å²) in [5.41, 5.74) is 2.50. The molecule has 1 N–H and O–H groups in total. The minimum atomic E-state index is -0.798. The molecule has 7 nitrogen and oxygen atoms in total. The zero-order chi connectivity index (χ0) is 21.4. The van der Waals surface area contributed by atoms with Gasteiger partial charge >= 0.3 is 0 Å². The molecule has 0 bridgehead atoms. The lowest BCUT2D eigenvalue weighted by Gasteiger charge is -2.28. The number of hydrogen-bond acceptors (Lipinski definition) is 4. The summed E-state index contributed by atoms with van der Waals surface area (Å²) in [6.07, 6.45) is 1.64. The Bertz CT molecular complexity index is 1030. The summed E-state index contributed by atoms with van der Waals surface area (Å²) in [6, 6.07) is 13.0. The van der Waals surface area contributed by atoms with Gasteiger partial charge in [0, 0.05) is 24.2 Å². The normalized spacial score (nSPS) is 18.5. The maximum absolute atomic E-state index is 13.2. The number of aryl methyl sites for hydroxylation is 1. The first-order chi connectivity index (χ1) is 14.3. The topological polar surface area (TPSA) is 86.8 Å². The van der Waals surface area contributed by atoms with Gasteiger partial charge in [0.15, 0.2) is 0 Å². The average molecular weight is 405 g/mol. The molecule has 0 spiro atoms. The third kappa shape index (κ3) is 3.83. The van der Waals surface area contributed by atoms with E-state index >= 15 is 0 Å². The SMILES string of the molecule is CC(=O)Nc1ccc(N2C(=O)CC(N(C(=O)c3cccc(C)c3)C3CC3)C2=O)cc1. The van der Waals surface area contributed by atoms with E-state index in [-0.39, 0.29) is 36.1 Å². The van der Waals surface area contributed by atoms with E-state index in [1.54, 1.807) is 41.3 Å². The molecule has 2 fully saturated rings. The van der Waals surface area contributed by atoms with Crippen LogP contribution in [0.1, 0.15) is 42.1 Å². The van der Waals surface area contributed by atoms with Crippen molar-refractivity contribution in [3.8, 4) is 0 Å². The Morgan fingerprint density at radius 1 is 1.07 bits per heavy atom. The van der Waals surface area contributed by atoms with Crippen LogP contribution in [0.2, 0.25) is 0 Å².